The molecular formula is C20H29N3O2. The molecular weight excluding hydrogens is 314 g/mol. The standard InChI is InChI=1S/C20H29N3O2/c1-15-13-23(14-16(2)25-15)10-6-5-9-21-12-18-11-17-7-3-4-8-19(17)22-20(18)24/h3-4,7-8,11,15-16,21H,5-6,9-10,12-14H2,1-2H3,(H,22,24)/t15-,16-/m1/s1. The Morgan fingerprint density at radius 3 is 2.76 bits per heavy atom. The maximum absolute atomic E-state index is 12.1. The lowest BCUT2D eigenvalue weighted by molar-refractivity contribution is -0.0681. The fourth-order valence-electron chi connectivity index (χ4n) is 3.60. The number of H-pyrrole nitrogens is 1. The molecule has 2 atom stereocenters. The third kappa shape index (κ3) is 5.14. The molecule has 1 aliphatic heterocycles. The van der Waals surface area contributed by atoms with Crippen molar-refractivity contribution in [1.82, 2.24) is 15.2 Å². The van der Waals surface area contributed by atoms with Crippen LogP contribution >= 0.6 is 0 Å². The molecule has 3 rings (SSSR count). The van der Waals surface area contributed by atoms with Gasteiger partial charge in [-0.3, -0.25) is 9.69 Å². The number of ether oxygens (including phenoxy) is 1. The second-order valence-corrected chi connectivity index (χ2v) is 7.11. The van der Waals surface area contributed by atoms with Crippen molar-refractivity contribution in [3.8, 4) is 0 Å². The smallest absolute Gasteiger partial charge is 0.252 e. The normalized spacial score (nSPS) is 21.7. The van der Waals surface area contributed by atoms with Gasteiger partial charge < -0.3 is 15.0 Å². The summed E-state index contributed by atoms with van der Waals surface area (Å²) in [6, 6.07) is 9.87. The van der Waals surface area contributed by atoms with Gasteiger partial charge in [0.1, 0.15) is 0 Å². The van der Waals surface area contributed by atoms with Gasteiger partial charge in [-0.15, -0.1) is 0 Å². The van der Waals surface area contributed by atoms with Crippen molar-refractivity contribution in [3.63, 3.8) is 0 Å². The first kappa shape index (κ1) is 18.1. The molecule has 25 heavy (non-hydrogen) atoms. The molecule has 0 aliphatic carbocycles. The van der Waals surface area contributed by atoms with Crippen LogP contribution in [0.2, 0.25) is 0 Å². The Hall–Kier alpha value is -1.69. The number of aromatic nitrogens is 1. The highest BCUT2D eigenvalue weighted by molar-refractivity contribution is 5.78. The summed E-state index contributed by atoms with van der Waals surface area (Å²) < 4.78 is 5.77. The van der Waals surface area contributed by atoms with Crippen LogP contribution in [0.4, 0.5) is 0 Å². The van der Waals surface area contributed by atoms with Crippen LogP contribution < -0.4 is 10.9 Å². The number of unbranched alkanes of at least 4 members (excludes halogenated alkanes) is 1. The zero-order valence-corrected chi connectivity index (χ0v) is 15.3. The van der Waals surface area contributed by atoms with E-state index in [-0.39, 0.29) is 5.56 Å². The Kier molecular flexibility index (Phi) is 6.24. The zero-order valence-electron chi connectivity index (χ0n) is 15.3. The molecule has 1 saturated heterocycles. The number of nitrogens with zero attached hydrogens (tertiary/aromatic N) is 1. The van der Waals surface area contributed by atoms with Crippen LogP contribution in [0.15, 0.2) is 35.1 Å². The van der Waals surface area contributed by atoms with Gasteiger partial charge in [-0.2, -0.15) is 0 Å². The minimum Gasteiger partial charge on any atom is -0.373 e. The van der Waals surface area contributed by atoms with Gasteiger partial charge in [-0.05, 0) is 57.3 Å². The lowest BCUT2D eigenvalue weighted by Gasteiger charge is -2.35. The molecule has 0 radical (unpaired) electrons. The van der Waals surface area contributed by atoms with E-state index in [1.807, 2.05) is 30.3 Å². The van der Waals surface area contributed by atoms with Crippen molar-refractivity contribution in [3.05, 3.63) is 46.2 Å². The molecule has 1 aromatic heterocycles. The Bertz CT molecular complexity index is 733. The number of fused-ring (bicyclic) bond motifs is 1. The fraction of sp³-hybridized carbons (Fsp3) is 0.550. The predicted molar refractivity (Wildman–Crippen MR) is 102 cm³/mol. The molecule has 0 unspecified atom stereocenters. The summed E-state index contributed by atoms with van der Waals surface area (Å²) in [4.78, 5) is 17.5. The van der Waals surface area contributed by atoms with Crippen molar-refractivity contribution in [2.75, 3.05) is 26.2 Å². The molecule has 0 spiro atoms. The quantitative estimate of drug-likeness (QED) is 0.759. The van der Waals surface area contributed by atoms with Gasteiger partial charge in [-0.25, -0.2) is 0 Å². The molecule has 0 saturated carbocycles. The number of hydrogen-bond donors (Lipinski definition) is 2. The first-order valence-corrected chi connectivity index (χ1v) is 9.31. The van der Waals surface area contributed by atoms with E-state index < -0.39 is 0 Å². The van der Waals surface area contributed by atoms with E-state index in [9.17, 15) is 4.79 Å². The Morgan fingerprint density at radius 1 is 1.20 bits per heavy atom. The van der Waals surface area contributed by atoms with Crippen LogP contribution in [0.1, 0.15) is 32.3 Å². The van der Waals surface area contributed by atoms with Crippen molar-refractivity contribution in [1.29, 1.82) is 0 Å². The summed E-state index contributed by atoms with van der Waals surface area (Å²) in [6.07, 6.45) is 2.95. The molecule has 2 aromatic rings. The van der Waals surface area contributed by atoms with E-state index in [2.05, 4.69) is 29.0 Å². The summed E-state index contributed by atoms with van der Waals surface area (Å²) in [7, 11) is 0. The number of benzene rings is 1. The number of morpholine rings is 1. The summed E-state index contributed by atoms with van der Waals surface area (Å²) in [5, 5.41) is 4.48. The summed E-state index contributed by atoms with van der Waals surface area (Å²) in [5.74, 6) is 0. The largest absolute Gasteiger partial charge is 0.373 e. The maximum Gasteiger partial charge on any atom is 0.252 e. The van der Waals surface area contributed by atoms with Crippen LogP contribution in [-0.2, 0) is 11.3 Å². The highest BCUT2D eigenvalue weighted by atomic mass is 16.5. The number of nitrogens with one attached hydrogen (secondary N) is 2. The Morgan fingerprint density at radius 2 is 1.96 bits per heavy atom. The molecule has 1 aromatic carbocycles. The van der Waals surface area contributed by atoms with Crippen LogP contribution in [0.3, 0.4) is 0 Å². The van der Waals surface area contributed by atoms with E-state index >= 15 is 0 Å². The molecule has 2 N–H and O–H groups in total. The van der Waals surface area contributed by atoms with E-state index in [0.29, 0.717) is 18.8 Å². The third-order valence-electron chi connectivity index (χ3n) is 4.72. The molecule has 136 valence electrons. The predicted octanol–water partition coefficient (Wildman–Crippen LogP) is 2.51. The molecule has 1 aliphatic rings. The minimum absolute atomic E-state index is 0.00231. The molecule has 1 fully saturated rings. The van der Waals surface area contributed by atoms with Crippen molar-refractivity contribution < 1.29 is 4.74 Å². The van der Waals surface area contributed by atoms with Gasteiger partial charge in [0, 0.05) is 30.7 Å². The second kappa shape index (κ2) is 8.61. The van der Waals surface area contributed by atoms with Crippen molar-refractivity contribution in [2.24, 2.45) is 0 Å². The van der Waals surface area contributed by atoms with Gasteiger partial charge in [0.05, 0.1) is 12.2 Å². The number of aromatic amines is 1. The van der Waals surface area contributed by atoms with Crippen molar-refractivity contribution in [2.45, 2.75) is 45.4 Å². The highest BCUT2D eigenvalue weighted by Gasteiger charge is 2.21. The van der Waals surface area contributed by atoms with E-state index in [1.165, 1.54) is 6.42 Å². The Balaban J connectivity index is 1.39. The van der Waals surface area contributed by atoms with Crippen LogP contribution in [0.25, 0.3) is 10.9 Å². The highest BCUT2D eigenvalue weighted by Crippen LogP contribution is 2.11. The third-order valence-corrected chi connectivity index (χ3v) is 4.72. The molecule has 0 bridgehead atoms. The average Bonchev–Trinajstić information content (AvgIpc) is 2.57. The van der Waals surface area contributed by atoms with Crippen molar-refractivity contribution >= 4 is 10.9 Å². The van der Waals surface area contributed by atoms with Gasteiger partial charge in [0.2, 0.25) is 0 Å². The maximum atomic E-state index is 12.1. The zero-order chi connectivity index (χ0) is 17.6. The second-order valence-electron chi connectivity index (χ2n) is 7.11. The number of rotatable bonds is 7. The average molecular weight is 343 g/mol. The molecule has 0 amide bonds. The van der Waals surface area contributed by atoms with E-state index in [4.69, 9.17) is 4.74 Å². The van der Waals surface area contributed by atoms with E-state index in [1.54, 1.807) is 0 Å². The lowest BCUT2D eigenvalue weighted by atomic mass is 10.1. The van der Waals surface area contributed by atoms with E-state index in [0.717, 1.165) is 49.1 Å². The van der Waals surface area contributed by atoms with Gasteiger partial charge in [-0.1, -0.05) is 18.2 Å². The van der Waals surface area contributed by atoms with Crippen LogP contribution in [0, 0.1) is 0 Å². The molecule has 5 nitrogen and oxygen atoms in total. The molecule has 5 heteroatoms. The molecule has 2 heterocycles. The minimum atomic E-state index is 0.00231. The number of hydrogen-bond acceptors (Lipinski definition) is 4. The summed E-state index contributed by atoms with van der Waals surface area (Å²) >= 11 is 0. The lowest BCUT2D eigenvalue weighted by Crippen LogP contribution is -2.45. The number of para-hydroxylation sites is 1. The monoisotopic (exact) mass is 343 g/mol. The summed E-state index contributed by atoms with van der Waals surface area (Å²) in [5.41, 5.74) is 1.70. The van der Waals surface area contributed by atoms with Gasteiger partial charge in [0.25, 0.3) is 5.56 Å². The first-order valence-electron chi connectivity index (χ1n) is 9.31. The topological polar surface area (TPSA) is 57.4 Å². The number of pyridine rings is 1. The van der Waals surface area contributed by atoms with Crippen LogP contribution in [0.5, 0.6) is 0 Å². The fourth-order valence-corrected chi connectivity index (χ4v) is 3.60. The van der Waals surface area contributed by atoms with Gasteiger partial charge in [0.15, 0.2) is 0 Å². The first-order chi connectivity index (χ1) is 12.1. The summed E-state index contributed by atoms with van der Waals surface area (Å²) in [6.45, 7) is 9.02. The Labute approximate surface area is 149 Å². The van der Waals surface area contributed by atoms with Crippen LogP contribution in [-0.4, -0.2) is 48.3 Å². The SMILES string of the molecule is C[C@@H]1CN(CCCCNCc2cc3ccccc3[nH]c2=O)C[C@@H](C)O1. The van der Waals surface area contributed by atoms with Gasteiger partial charge >= 0.3 is 0 Å².